The van der Waals surface area contributed by atoms with E-state index in [4.69, 9.17) is 4.74 Å². The van der Waals surface area contributed by atoms with E-state index in [1.807, 2.05) is 27.7 Å². The maximum absolute atomic E-state index is 13.1. The Bertz CT molecular complexity index is 580. The van der Waals surface area contributed by atoms with Crippen molar-refractivity contribution in [2.75, 3.05) is 13.1 Å². The van der Waals surface area contributed by atoms with E-state index >= 15 is 0 Å². The summed E-state index contributed by atoms with van der Waals surface area (Å²) in [7, 11) is 0. The van der Waals surface area contributed by atoms with E-state index in [1.165, 1.54) is 0 Å². The highest BCUT2D eigenvalue weighted by molar-refractivity contribution is 5.84. The van der Waals surface area contributed by atoms with Crippen LogP contribution in [-0.4, -0.2) is 47.4 Å². The van der Waals surface area contributed by atoms with E-state index in [-0.39, 0.29) is 36.2 Å². The molecule has 6 heteroatoms. The molecule has 28 heavy (non-hydrogen) atoms. The largest absolute Gasteiger partial charge is 0.460 e. The summed E-state index contributed by atoms with van der Waals surface area (Å²) >= 11 is 0. The highest BCUT2D eigenvalue weighted by Crippen LogP contribution is 2.24. The SMILES string of the molecule is C=CCC(C)C(=O)NCC1CCCN1C(=O)C(CC=C)CC(=O)OC(C)(C)C. The minimum absolute atomic E-state index is 0.0319. The quantitative estimate of drug-likeness (QED) is 0.457. The lowest BCUT2D eigenvalue weighted by Gasteiger charge is -2.29. The van der Waals surface area contributed by atoms with E-state index in [0.29, 0.717) is 25.9 Å². The van der Waals surface area contributed by atoms with E-state index in [0.717, 1.165) is 12.8 Å². The van der Waals surface area contributed by atoms with Gasteiger partial charge in [-0.1, -0.05) is 19.1 Å². The summed E-state index contributed by atoms with van der Waals surface area (Å²) in [6.45, 7) is 15.7. The van der Waals surface area contributed by atoms with E-state index < -0.39 is 11.5 Å². The number of allylic oxidation sites excluding steroid dienone is 2. The maximum Gasteiger partial charge on any atom is 0.307 e. The number of ether oxygens (including phenoxy) is 1. The second kappa shape index (κ2) is 11.0. The third-order valence-corrected chi connectivity index (χ3v) is 4.77. The van der Waals surface area contributed by atoms with Crippen LogP contribution >= 0.6 is 0 Å². The van der Waals surface area contributed by atoms with Crippen molar-refractivity contribution >= 4 is 17.8 Å². The van der Waals surface area contributed by atoms with Crippen molar-refractivity contribution in [1.29, 1.82) is 0 Å². The Hall–Kier alpha value is -2.11. The summed E-state index contributed by atoms with van der Waals surface area (Å²) in [6, 6.07) is -0.0432. The van der Waals surface area contributed by atoms with Crippen LogP contribution in [0.4, 0.5) is 0 Å². The average Bonchev–Trinajstić information content (AvgIpc) is 3.05. The zero-order valence-electron chi connectivity index (χ0n) is 17.8. The second-order valence-corrected chi connectivity index (χ2v) is 8.51. The molecule has 0 aromatic carbocycles. The summed E-state index contributed by atoms with van der Waals surface area (Å²) in [4.78, 5) is 39.2. The van der Waals surface area contributed by atoms with Gasteiger partial charge in [0.05, 0.1) is 12.3 Å². The van der Waals surface area contributed by atoms with Crippen molar-refractivity contribution in [1.82, 2.24) is 10.2 Å². The van der Waals surface area contributed by atoms with Gasteiger partial charge in [-0.05, 0) is 46.5 Å². The van der Waals surface area contributed by atoms with Crippen LogP contribution in [-0.2, 0) is 19.1 Å². The Labute approximate surface area is 169 Å². The zero-order chi connectivity index (χ0) is 21.3. The van der Waals surface area contributed by atoms with Gasteiger partial charge in [-0.25, -0.2) is 0 Å². The smallest absolute Gasteiger partial charge is 0.307 e. The minimum atomic E-state index is -0.582. The first-order valence-corrected chi connectivity index (χ1v) is 10.1. The van der Waals surface area contributed by atoms with Crippen molar-refractivity contribution in [2.24, 2.45) is 11.8 Å². The van der Waals surface area contributed by atoms with Crippen molar-refractivity contribution in [3.05, 3.63) is 25.3 Å². The van der Waals surface area contributed by atoms with Crippen LogP contribution in [0.2, 0.25) is 0 Å². The van der Waals surface area contributed by atoms with Gasteiger partial charge in [0.15, 0.2) is 0 Å². The van der Waals surface area contributed by atoms with Crippen LogP contribution < -0.4 is 5.32 Å². The van der Waals surface area contributed by atoms with Crippen molar-refractivity contribution < 1.29 is 19.1 Å². The van der Waals surface area contributed by atoms with Crippen molar-refractivity contribution in [3.8, 4) is 0 Å². The summed E-state index contributed by atoms with van der Waals surface area (Å²) in [5, 5.41) is 2.94. The number of carbonyl (C=O) groups is 3. The maximum atomic E-state index is 13.1. The zero-order valence-corrected chi connectivity index (χ0v) is 17.8. The normalized spacial score (nSPS) is 18.9. The van der Waals surface area contributed by atoms with Gasteiger partial charge in [-0.2, -0.15) is 0 Å². The summed E-state index contributed by atoms with van der Waals surface area (Å²) in [5.74, 6) is -1.10. The lowest BCUT2D eigenvalue weighted by Crippen LogP contribution is -2.46. The van der Waals surface area contributed by atoms with Gasteiger partial charge >= 0.3 is 5.97 Å². The Morgan fingerprint density at radius 2 is 1.86 bits per heavy atom. The second-order valence-electron chi connectivity index (χ2n) is 8.51. The molecule has 158 valence electrons. The summed E-state index contributed by atoms with van der Waals surface area (Å²) < 4.78 is 5.37. The third kappa shape index (κ3) is 7.87. The lowest BCUT2D eigenvalue weighted by molar-refractivity contribution is -0.158. The van der Waals surface area contributed by atoms with Crippen molar-refractivity contribution in [3.63, 3.8) is 0 Å². The minimum Gasteiger partial charge on any atom is -0.460 e. The summed E-state index contributed by atoms with van der Waals surface area (Å²) in [6.07, 6.45) is 6.20. The fourth-order valence-corrected chi connectivity index (χ4v) is 3.38. The van der Waals surface area contributed by atoms with Crippen LogP contribution in [0, 0.1) is 11.8 Å². The van der Waals surface area contributed by atoms with Gasteiger partial charge < -0.3 is 15.0 Å². The van der Waals surface area contributed by atoms with E-state index in [1.54, 1.807) is 17.1 Å². The van der Waals surface area contributed by atoms with Gasteiger partial charge in [-0.15, -0.1) is 13.2 Å². The topological polar surface area (TPSA) is 75.7 Å². The first-order valence-electron chi connectivity index (χ1n) is 10.1. The molecule has 1 N–H and O–H groups in total. The lowest BCUT2D eigenvalue weighted by atomic mass is 9.98. The third-order valence-electron chi connectivity index (χ3n) is 4.77. The van der Waals surface area contributed by atoms with Crippen LogP contribution in [0.25, 0.3) is 0 Å². The standard InChI is InChI=1S/C22H36N2O4/c1-7-10-16(3)20(26)23-15-18-12-9-13-24(18)21(27)17(11-8-2)14-19(25)28-22(4,5)6/h7-8,16-18H,1-2,9-15H2,3-6H3,(H,23,26). The molecule has 0 saturated carbocycles. The molecule has 1 saturated heterocycles. The Morgan fingerprint density at radius 1 is 1.21 bits per heavy atom. The fourth-order valence-electron chi connectivity index (χ4n) is 3.38. The van der Waals surface area contributed by atoms with Crippen LogP contribution in [0.1, 0.15) is 59.8 Å². The molecule has 0 aromatic heterocycles. The van der Waals surface area contributed by atoms with Gasteiger partial charge in [0.25, 0.3) is 0 Å². The number of esters is 1. The predicted octanol–water partition coefficient (Wildman–Crippen LogP) is 3.23. The molecule has 3 unspecified atom stereocenters. The molecule has 1 rings (SSSR count). The number of hydrogen-bond donors (Lipinski definition) is 1. The average molecular weight is 393 g/mol. The van der Waals surface area contributed by atoms with Gasteiger partial charge in [-0.3, -0.25) is 14.4 Å². The number of rotatable bonds is 10. The number of hydrogen-bond acceptors (Lipinski definition) is 4. The highest BCUT2D eigenvalue weighted by Gasteiger charge is 2.34. The number of nitrogens with zero attached hydrogens (tertiary/aromatic N) is 1. The fraction of sp³-hybridized carbons (Fsp3) is 0.682. The van der Waals surface area contributed by atoms with Gasteiger partial charge in [0.2, 0.25) is 11.8 Å². The molecule has 1 aliphatic heterocycles. The molecule has 0 radical (unpaired) electrons. The number of nitrogens with one attached hydrogen (secondary N) is 1. The molecule has 0 aromatic rings. The first-order chi connectivity index (χ1) is 13.1. The summed E-state index contributed by atoms with van der Waals surface area (Å²) in [5.41, 5.74) is -0.582. The Morgan fingerprint density at radius 3 is 2.43 bits per heavy atom. The molecule has 1 heterocycles. The van der Waals surface area contributed by atoms with Crippen molar-refractivity contribution in [2.45, 2.75) is 71.4 Å². The molecule has 1 fully saturated rings. The molecule has 0 bridgehead atoms. The van der Waals surface area contributed by atoms with Crippen LogP contribution in [0.3, 0.4) is 0 Å². The van der Waals surface area contributed by atoms with Crippen LogP contribution in [0.15, 0.2) is 25.3 Å². The molecular weight excluding hydrogens is 356 g/mol. The Balaban J connectivity index is 2.71. The molecule has 0 spiro atoms. The molecular formula is C22H36N2O4. The van der Waals surface area contributed by atoms with E-state index in [2.05, 4.69) is 18.5 Å². The number of likely N-dealkylation sites (tertiary alicyclic amines) is 1. The predicted molar refractivity (Wildman–Crippen MR) is 110 cm³/mol. The molecule has 0 aliphatic carbocycles. The molecule has 1 aliphatic rings. The number of amides is 2. The monoisotopic (exact) mass is 392 g/mol. The molecule has 3 atom stereocenters. The van der Waals surface area contributed by atoms with E-state index in [9.17, 15) is 14.4 Å². The highest BCUT2D eigenvalue weighted by atomic mass is 16.6. The first kappa shape index (κ1) is 23.9. The number of carbonyl (C=O) groups excluding carboxylic acids is 3. The van der Waals surface area contributed by atoms with Gasteiger partial charge in [0.1, 0.15) is 5.60 Å². The van der Waals surface area contributed by atoms with Crippen LogP contribution in [0.5, 0.6) is 0 Å². The van der Waals surface area contributed by atoms with Gasteiger partial charge in [0, 0.05) is 25.0 Å². The Kier molecular flexibility index (Phi) is 9.42. The molecule has 6 nitrogen and oxygen atoms in total. The molecule has 2 amide bonds.